The summed E-state index contributed by atoms with van der Waals surface area (Å²) in [6.45, 7) is 6.50. The van der Waals surface area contributed by atoms with Crippen molar-refractivity contribution in [2.24, 2.45) is 0 Å². The number of rotatable bonds is 66. The second-order valence-electron chi connectivity index (χ2n) is 24.1. The summed E-state index contributed by atoms with van der Waals surface area (Å²) in [4.78, 5) is 38.4. The van der Waals surface area contributed by atoms with Crippen molar-refractivity contribution in [2.45, 2.75) is 374 Å². The van der Waals surface area contributed by atoms with Crippen molar-refractivity contribution in [3.63, 3.8) is 0 Å². The number of carbonyl (C=O) groups excluding carboxylic acids is 3. The molecule has 480 valence electrons. The van der Waals surface area contributed by atoms with Gasteiger partial charge in [0.15, 0.2) is 6.10 Å². The van der Waals surface area contributed by atoms with E-state index < -0.39 is 6.10 Å². The van der Waals surface area contributed by atoms with Crippen LogP contribution in [0.15, 0.2) is 85.1 Å². The zero-order chi connectivity index (χ0) is 59.9. The van der Waals surface area contributed by atoms with E-state index in [9.17, 15) is 14.4 Å². The van der Waals surface area contributed by atoms with Crippen LogP contribution < -0.4 is 0 Å². The second kappa shape index (κ2) is 71.1. The lowest BCUT2D eigenvalue weighted by molar-refractivity contribution is -0.166. The number of esters is 3. The van der Waals surface area contributed by atoms with Gasteiger partial charge in [-0.3, -0.25) is 14.4 Å². The van der Waals surface area contributed by atoms with Gasteiger partial charge in [-0.05, 0) is 103 Å². The highest BCUT2D eigenvalue weighted by molar-refractivity contribution is 5.71. The zero-order valence-electron chi connectivity index (χ0n) is 55.2. The van der Waals surface area contributed by atoms with E-state index in [0.717, 1.165) is 70.6 Å². The molecule has 83 heavy (non-hydrogen) atoms. The molecule has 0 aliphatic carbocycles. The van der Waals surface area contributed by atoms with E-state index in [1.807, 2.05) is 6.08 Å². The van der Waals surface area contributed by atoms with Crippen molar-refractivity contribution in [2.75, 3.05) is 13.2 Å². The first-order chi connectivity index (χ1) is 41.0. The molecule has 0 aromatic heterocycles. The van der Waals surface area contributed by atoms with E-state index in [1.54, 1.807) is 0 Å². The Balaban J connectivity index is 4.26. The smallest absolute Gasteiger partial charge is 0.306 e. The van der Waals surface area contributed by atoms with Crippen LogP contribution in [0.1, 0.15) is 367 Å². The van der Waals surface area contributed by atoms with Gasteiger partial charge in [0.2, 0.25) is 0 Å². The Bertz CT molecular complexity index is 1570. The predicted octanol–water partition coefficient (Wildman–Crippen LogP) is 25.0. The average Bonchev–Trinajstić information content (AvgIpc) is 3.49. The second-order valence-corrected chi connectivity index (χ2v) is 24.1. The largest absolute Gasteiger partial charge is 0.462 e. The maximum Gasteiger partial charge on any atom is 0.306 e. The maximum absolute atomic E-state index is 13.0. The molecule has 0 N–H and O–H groups in total. The van der Waals surface area contributed by atoms with E-state index in [4.69, 9.17) is 14.2 Å². The average molecular weight is 1160 g/mol. The standard InChI is InChI=1S/C77H136O6/c1-4-7-10-13-16-19-22-25-27-29-31-33-35-37-38-40-41-43-45-47-49-52-55-58-61-64-67-70-76(79)82-73-74(72-81-75(78)69-66-63-60-57-54-51-24-21-18-15-12-9-6-3)83-77(80)71-68-65-62-59-56-53-50-48-46-44-42-39-36-34-32-30-28-26-23-20-17-14-11-8-5-2/h9,12,18,21,23,26,29-32,51,54,60,63,74H,4-8,10-11,13-17,19-20,22,24-25,27-28,33-50,52-53,55-59,61-62,64-73H2,1-3H3/b12-9-,21-18-,26-23-,31-29-,32-30-,54-51-,63-60-. The molecule has 0 aliphatic rings. The molecule has 0 radical (unpaired) electrons. The van der Waals surface area contributed by atoms with Crippen molar-refractivity contribution in [3.8, 4) is 0 Å². The molecule has 0 amide bonds. The summed E-state index contributed by atoms with van der Waals surface area (Å²) < 4.78 is 16.9. The molecular formula is C77H136O6. The molecule has 0 spiro atoms. The number of hydrogen-bond acceptors (Lipinski definition) is 6. The highest BCUT2D eigenvalue weighted by Crippen LogP contribution is 2.18. The van der Waals surface area contributed by atoms with Crippen LogP contribution in [-0.4, -0.2) is 37.2 Å². The Morgan fingerprint density at radius 3 is 0.819 bits per heavy atom. The lowest BCUT2D eigenvalue weighted by atomic mass is 10.0. The van der Waals surface area contributed by atoms with Crippen LogP contribution in [0.5, 0.6) is 0 Å². The Labute approximate surface area is 515 Å². The summed E-state index contributed by atoms with van der Waals surface area (Å²) in [6, 6.07) is 0. The molecule has 1 atom stereocenters. The summed E-state index contributed by atoms with van der Waals surface area (Å²) in [6.07, 6.45) is 95.0. The van der Waals surface area contributed by atoms with Gasteiger partial charge in [0, 0.05) is 19.3 Å². The van der Waals surface area contributed by atoms with Crippen LogP contribution in [0.25, 0.3) is 0 Å². The molecular weight excluding hydrogens is 1020 g/mol. The van der Waals surface area contributed by atoms with Gasteiger partial charge in [-0.15, -0.1) is 0 Å². The minimum atomic E-state index is -0.807. The summed E-state index contributed by atoms with van der Waals surface area (Å²) in [5.74, 6) is -0.964. The summed E-state index contributed by atoms with van der Waals surface area (Å²) in [7, 11) is 0. The molecule has 6 nitrogen and oxygen atoms in total. The summed E-state index contributed by atoms with van der Waals surface area (Å²) in [5, 5.41) is 0. The first-order valence-electron chi connectivity index (χ1n) is 36.1. The molecule has 6 heteroatoms. The van der Waals surface area contributed by atoms with Crippen LogP contribution >= 0.6 is 0 Å². The van der Waals surface area contributed by atoms with Crippen molar-refractivity contribution in [1.29, 1.82) is 0 Å². The minimum Gasteiger partial charge on any atom is -0.462 e. The Morgan fingerprint density at radius 2 is 0.494 bits per heavy atom. The van der Waals surface area contributed by atoms with Gasteiger partial charge in [0.05, 0.1) is 0 Å². The molecule has 0 rings (SSSR count). The first kappa shape index (κ1) is 79.6. The van der Waals surface area contributed by atoms with Gasteiger partial charge in [-0.25, -0.2) is 0 Å². The normalized spacial score (nSPS) is 12.6. The number of unbranched alkanes of at least 4 members (excludes halogenated alkanes) is 41. The lowest BCUT2D eigenvalue weighted by Gasteiger charge is -2.18. The molecule has 0 aliphatic heterocycles. The zero-order valence-corrected chi connectivity index (χ0v) is 55.2. The Kier molecular flexibility index (Phi) is 68.2. The highest BCUT2D eigenvalue weighted by Gasteiger charge is 2.19. The topological polar surface area (TPSA) is 78.9 Å². The molecule has 0 bridgehead atoms. The maximum atomic E-state index is 13.0. The number of allylic oxidation sites excluding steroid dienone is 14. The monoisotopic (exact) mass is 1160 g/mol. The van der Waals surface area contributed by atoms with Crippen LogP contribution in [0, 0.1) is 0 Å². The van der Waals surface area contributed by atoms with E-state index in [-0.39, 0.29) is 37.5 Å². The molecule has 1 unspecified atom stereocenters. The molecule has 0 aromatic carbocycles. The van der Waals surface area contributed by atoms with Crippen LogP contribution in [-0.2, 0) is 28.6 Å². The van der Waals surface area contributed by atoms with Crippen molar-refractivity contribution >= 4 is 17.9 Å². The van der Waals surface area contributed by atoms with E-state index in [1.165, 1.54) is 250 Å². The highest BCUT2D eigenvalue weighted by atomic mass is 16.6. The number of hydrogen-bond donors (Lipinski definition) is 0. The molecule has 0 saturated heterocycles. The Morgan fingerprint density at radius 1 is 0.253 bits per heavy atom. The first-order valence-corrected chi connectivity index (χ1v) is 36.1. The fourth-order valence-electron chi connectivity index (χ4n) is 10.5. The molecule has 0 aromatic rings. The van der Waals surface area contributed by atoms with Crippen LogP contribution in [0.3, 0.4) is 0 Å². The molecule has 0 fully saturated rings. The minimum absolute atomic E-state index is 0.0959. The third-order valence-electron chi connectivity index (χ3n) is 15.9. The van der Waals surface area contributed by atoms with E-state index in [0.29, 0.717) is 19.3 Å². The third-order valence-corrected chi connectivity index (χ3v) is 15.9. The van der Waals surface area contributed by atoms with E-state index >= 15 is 0 Å². The fraction of sp³-hybridized carbons (Fsp3) is 0.779. The van der Waals surface area contributed by atoms with Gasteiger partial charge in [0.1, 0.15) is 13.2 Å². The molecule has 0 saturated carbocycles. The van der Waals surface area contributed by atoms with Gasteiger partial charge in [-0.1, -0.05) is 331 Å². The van der Waals surface area contributed by atoms with Gasteiger partial charge < -0.3 is 14.2 Å². The van der Waals surface area contributed by atoms with Gasteiger partial charge in [-0.2, -0.15) is 0 Å². The number of ether oxygens (including phenoxy) is 3. The van der Waals surface area contributed by atoms with Crippen molar-refractivity contribution in [1.82, 2.24) is 0 Å². The third kappa shape index (κ3) is 69.3. The van der Waals surface area contributed by atoms with Crippen LogP contribution in [0.4, 0.5) is 0 Å². The van der Waals surface area contributed by atoms with Gasteiger partial charge >= 0.3 is 17.9 Å². The summed E-state index contributed by atoms with van der Waals surface area (Å²) >= 11 is 0. The Hall–Kier alpha value is -3.41. The SMILES string of the molecule is CC/C=C\C/C=C\C/C=C\C/C=C\CCC(=O)OCC(COC(=O)CCCCCCCCCCCCCCCCC/C=C\CCCCCCCCCC)OC(=O)CCCCCCCCCCCCCCC/C=C\C/C=C\CCCCCCC. The quantitative estimate of drug-likeness (QED) is 0.0261. The van der Waals surface area contributed by atoms with E-state index in [2.05, 4.69) is 99.8 Å². The lowest BCUT2D eigenvalue weighted by Crippen LogP contribution is -2.30. The molecule has 0 heterocycles. The van der Waals surface area contributed by atoms with Crippen LogP contribution in [0.2, 0.25) is 0 Å². The van der Waals surface area contributed by atoms with Gasteiger partial charge in [0.25, 0.3) is 0 Å². The van der Waals surface area contributed by atoms with Crippen molar-refractivity contribution in [3.05, 3.63) is 85.1 Å². The summed E-state index contributed by atoms with van der Waals surface area (Å²) in [5.41, 5.74) is 0. The fourth-order valence-corrected chi connectivity index (χ4v) is 10.5. The van der Waals surface area contributed by atoms with Crippen molar-refractivity contribution < 1.29 is 28.6 Å². The number of carbonyl (C=O) groups is 3. The predicted molar refractivity (Wildman–Crippen MR) is 362 cm³/mol.